The third-order valence-corrected chi connectivity index (χ3v) is 6.61. The molecule has 0 aliphatic carbocycles. The van der Waals surface area contributed by atoms with Crippen molar-refractivity contribution in [2.75, 3.05) is 26.3 Å². The molecule has 31 heavy (non-hydrogen) atoms. The highest BCUT2D eigenvalue weighted by Crippen LogP contribution is 2.33. The first kappa shape index (κ1) is 21.6. The predicted octanol–water partition coefficient (Wildman–Crippen LogP) is 2.97. The highest BCUT2D eigenvalue weighted by molar-refractivity contribution is 5.92. The monoisotopic (exact) mass is 424 g/mol. The van der Waals surface area contributed by atoms with Gasteiger partial charge in [-0.3, -0.25) is 14.3 Å². The van der Waals surface area contributed by atoms with Crippen molar-refractivity contribution in [3.8, 4) is 0 Å². The predicted molar refractivity (Wildman–Crippen MR) is 117 cm³/mol. The van der Waals surface area contributed by atoms with Crippen LogP contribution in [0.1, 0.15) is 55.1 Å². The van der Waals surface area contributed by atoms with Gasteiger partial charge in [0.1, 0.15) is 5.69 Å². The van der Waals surface area contributed by atoms with Crippen LogP contribution in [0.3, 0.4) is 0 Å². The first-order chi connectivity index (χ1) is 15.1. The van der Waals surface area contributed by atoms with Gasteiger partial charge in [-0.2, -0.15) is 5.10 Å². The summed E-state index contributed by atoms with van der Waals surface area (Å²) in [5.41, 5.74) is 1.31. The first-order valence-electron chi connectivity index (χ1n) is 11.4. The van der Waals surface area contributed by atoms with E-state index < -0.39 is 0 Å². The van der Waals surface area contributed by atoms with Crippen LogP contribution in [-0.2, 0) is 21.6 Å². The van der Waals surface area contributed by atoms with Crippen LogP contribution in [0.2, 0.25) is 0 Å². The van der Waals surface area contributed by atoms with Crippen LogP contribution in [0.25, 0.3) is 0 Å². The maximum Gasteiger partial charge on any atom is 0.274 e. The average Bonchev–Trinajstić information content (AvgIpc) is 3.30. The summed E-state index contributed by atoms with van der Waals surface area (Å²) in [5.74, 6) is 0.377. The topological polar surface area (TPSA) is 76.5 Å². The minimum absolute atomic E-state index is 0.0136. The van der Waals surface area contributed by atoms with Gasteiger partial charge in [0.15, 0.2) is 0 Å². The maximum absolute atomic E-state index is 13.0. The molecule has 1 aromatic heterocycles. The number of rotatable bonds is 6. The molecule has 7 nitrogen and oxygen atoms in total. The lowest BCUT2D eigenvalue weighted by Crippen LogP contribution is -2.50. The number of hydrogen-bond donors (Lipinski definition) is 1. The van der Waals surface area contributed by atoms with Crippen LogP contribution in [0.15, 0.2) is 42.6 Å². The number of aryl methyl sites for hydroxylation is 1. The quantitative estimate of drug-likeness (QED) is 0.774. The molecule has 0 radical (unpaired) electrons. The molecule has 2 amide bonds. The second-order valence-corrected chi connectivity index (χ2v) is 8.61. The lowest BCUT2D eigenvalue weighted by Gasteiger charge is -2.39. The van der Waals surface area contributed by atoms with Gasteiger partial charge < -0.3 is 15.0 Å². The van der Waals surface area contributed by atoms with Gasteiger partial charge >= 0.3 is 0 Å². The van der Waals surface area contributed by atoms with E-state index in [2.05, 4.69) is 22.5 Å². The van der Waals surface area contributed by atoms with Crippen molar-refractivity contribution in [1.29, 1.82) is 0 Å². The van der Waals surface area contributed by atoms with E-state index in [1.807, 2.05) is 36.2 Å². The SMILES string of the molecule is CCn1ccc(C(=O)N2CCC(CC(=O)NC3(c4ccccc4)CCOCC3)CC2)n1. The fraction of sp³-hybridized carbons (Fsp3) is 0.542. The minimum atomic E-state index is -0.342. The van der Waals surface area contributed by atoms with Crippen molar-refractivity contribution in [1.82, 2.24) is 20.0 Å². The first-order valence-corrected chi connectivity index (χ1v) is 11.4. The van der Waals surface area contributed by atoms with Crippen LogP contribution in [0.5, 0.6) is 0 Å². The molecule has 1 aromatic carbocycles. The molecule has 2 saturated heterocycles. The smallest absolute Gasteiger partial charge is 0.274 e. The summed E-state index contributed by atoms with van der Waals surface area (Å²) >= 11 is 0. The van der Waals surface area contributed by atoms with Crippen molar-refractivity contribution in [2.45, 2.75) is 51.1 Å². The molecule has 166 valence electrons. The number of likely N-dealkylation sites (tertiary alicyclic amines) is 1. The second kappa shape index (κ2) is 9.64. The summed E-state index contributed by atoms with van der Waals surface area (Å²) in [6.07, 6.45) is 5.61. The second-order valence-electron chi connectivity index (χ2n) is 8.61. The van der Waals surface area contributed by atoms with Crippen molar-refractivity contribution >= 4 is 11.8 Å². The van der Waals surface area contributed by atoms with Gasteiger partial charge in [-0.25, -0.2) is 0 Å². The zero-order valence-corrected chi connectivity index (χ0v) is 18.3. The molecule has 0 saturated carbocycles. The molecular weight excluding hydrogens is 392 g/mol. The summed E-state index contributed by atoms with van der Waals surface area (Å²) in [5, 5.41) is 7.68. The Morgan fingerprint density at radius 1 is 1.13 bits per heavy atom. The zero-order chi connectivity index (χ0) is 21.7. The number of nitrogens with zero attached hydrogens (tertiary/aromatic N) is 3. The molecule has 2 fully saturated rings. The van der Waals surface area contributed by atoms with Crippen LogP contribution >= 0.6 is 0 Å². The third-order valence-electron chi connectivity index (χ3n) is 6.61. The Morgan fingerprint density at radius 3 is 2.48 bits per heavy atom. The minimum Gasteiger partial charge on any atom is -0.381 e. The number of carbonyl (C=O) groups excluding carboxylic acids is 2. The fourth-order valence-corrected chi connectivity index (χ4v) is 4.70. The molecule has 0 bridgehead atoms. The van der Waals surface area contributed by atoms with E-state index in [4.69, 9.17) is 4.74 Å². The van der Waals surface area contributed by atoms with Crippen molar-refractivity contribution in [2.24, 2.45) is 5.92 Å². The Balaban J connectivity index is 1.31. The molecule has 0 atom stereocenters. The van der Waals surface area contributed by atoms with Gasteiger partial charge in [0.25, 0.3) is 5.91 Å². The number of aromatic nitrogens is 2. The number of ether oxygens (including phenoxy) is 1. The molecule has 2 aliphatic heterocycles. The highest BCUT2D eigenvalue weighted by Gasteiger charge is 2.36. The van der Waals surface area contributed by atoms with Gasteiger partial charge in [0, 0.05) is 45.5 Å². The molecule has 1 N–H and O–H groups in total. The van der Waals surface area contributed by atoms with Gasteiger partial charge in [-0.05, 0) is 50.2 Å². The van der Waals surface area contributed by atoms with Crippen molar-refractivity contribution in [3.05, 3.63) is 53.9 Å². The van der Waals surface area contributed by atoms with Gasteiger partial charge in [-0.15, -0.1) is 0 Å². The Morgan fingerprint density at radius 2 is 1.84 bits per heavy atom. The summed E-state index contributed by atoms with van der Waals surface area (Å²) < 4.78 is 7.33. The average molecular weight is 425 g/mol. The van der Waals surface area contributed by atoms with E-state index in [-0.39, 0.29) is 17.4 Å². The molecule has 4 rings (SSSR count). The molecule has 3 heterocycles. The van der Waals surface area contributed by atoms with Crippen LogP contribution in [0, 0.1) is 5.92 Å². The Bertz CT molecular complexity index is 881. The lowest BCUT2D eigenvalue weighted by molar-refractivity contribution is -0.125. The van der Waals surface area contributed by atoms with E-state index in [0.717, 1.165) is 37.8 Å². The summed E-state index contributed by atoms with van der Waals surface area (Å²) in [7, 11) is 0. The van der Waals surface area contributed by atoms with E-state index in [0.29, 0.717) is 44.3 Å². The van der Waals surface area contributed by atoms with Crippen molar-refractivity contribution < 1.29 is 14.3 Å². The summed E-state index contributed by atoms with van der Waals surface area (Å²) in [4.78, 5) is 27.5. The van der Waals surface area contributed by atoms with E-state index in [1.165, 1.54) is 0 Å². The molecular formula is C24H32N4O3. The Labute approximate surface area is 183 Å². The normalized spacial score (nSPS) is 19.2. The molecule has 2 aliphatic rings. The zero-order valence-electron chi connectivity index (χ0n) is 18.3. The fourth-order valence-electron chi connectivity index (χ4n) is 4.70. The molecule has 0 spiro atoms. The highest BCUT2D eigenvalue weighted by atomic mass is 16.5. The largest absolute Gasteiger partial charge is 0.381 e. The molecule has 7 heteroatoms. The van der Waals surface area contributed by atoms with Gasteiger partial charge in [-0.1, -0.05) is 30.3 Å². The lowest BCUT2D eigenvalue weighted by atomic mass is 9.82. The van der Waals surface area contributed by atoms with Gasteiger partial charge in [0.05, 0.1) is 5.54 Å². The van der Waals surface area contributed by atoms with Crippen LogP contribution in [0.4, 0.5) is 0 Å². The van der Waals surface area contributed by atoms with E-state index in [1.54, 1.807) is 10.7 Å². The standard InChI is InChI=1S/C24H32N4O3/c1-2-28-15-10-21(26-28)23(30)27-13-8-19(9-14-27)18-22(29)25-24(11-16-31-17-12-24)20-6-4-3-5-7-20/h3-7,10,15,19H,2,8-9,11-14,16-18H2,1H3,(H,25,29). The number of hydrogen-bond acceptors (Lipinski definition) is 4. The van der Waals surface area contributed by atoms with E-state index >= 15 is 0 Å². The van der Waals surface area contributed by atoms with Gasteiger partial charge in [0.2, 0.25) is 5.91 Å². The number of benzene rings is 1. The number of nitrogens with one attached hydrogen (secondary N) is 1. The summed E-state index contributed by atoms with van der Waals surface area (Å²) in [6.45, 7) is 5.41. The molecule has 2 aromatic rings. The van der Waals surface area contributed by atoms with Crippen molar-refractivity contribution in [3.63, 3.8) is 0 Å². The Hall–Kier alpha value is -2.67. The number of piperidine rings is 1. The van der Waals surface area contributed by atoms with Crippen LogP contribution in [-0.4, -0.2) is 52.8 Å². The number of amides is 2. The summed E-state index contributed by atoms with van der Waals surface area (Å²) in [6, 6.07) is 12.0. The Kier molecular flexibility index (Phi) is 6.70. The maximum atomic E-state index is 13.0. The van der Waals surface area contributed by atoms with Crippen LogP contribution < -0.4 is 5.32 Å². The third kappa shape index (κ3) is 4.98. The number of carbonyl (C=O) groups is 2. The van der Waals surface area contributed by atoms with E-state index in [9.17, 15) is 9.59 Å². The molecule has 0 unspecified atom stereocenters.